The average Bonchev–Trinajstić information content (AvgIpc) is 3.95. The van der Waals surface area contributed by atoms with E-state index < -0.39 is 68.4 Å². The summed E-state index contributed by atoms with van der Waals surface area (Å²) >= 11 is 0. The Morgan fingerprint density at radius 3 is 2.03 bits per heavy atom. The summed E-state index contributed by atoms with van der Waals surface area (Å²) in [5, 5.41) is 8.87. The number of methoxy groups -OCH3 is 1. The van der Waals surface area contributed by atoms with Crippen LogP contribution in [-0.2, 0) is 29.1 Å². The van der Waals surface area contributed by atoms with Gasteiger partial charge in [-0.05, 0) is 74.6 Å². The van der Waals surface area contributed by atoms with Crippen LogP contribution in [0.4, 0.5) is 4.79 Å². The van der Waals surface area contributed by atoms with Gasteiger partial charge in [0.25, 0.3) is 15.9 Å². The minimum absolute atomic E-state index is 0.0490. The van der Waals surface area contributed by atoms with Crippen LogP contribution in [0.1, 0.15) is 59.6 Å². The number of benzene rings is 4. The number of rotatable bonds is 14. The van der Waals surface area contributed by atoms with Gasteiger partial charge in [-0.2, -0.15) is 0 Å². The molecule has 1 aliphatic rings. The predicted molar refractivity (Wildman–Crippen MR) is 235 cm³/mol. The van der Waals surface area contributed by atoms with Crippen LogP contribution in [0, 0.1) is 11.3 Å². The third-order valence-corrected chi connectivity index (χ3v) is 11.5. The number of pyridine rings is 1. The number of nitrogens with zero attached hydrogens (tertiary/aromatic N) is 1. The maximum atomic E-state index is 14.5. The van der Waals surface area contributed by atoms with Crippen molar-refractivity contribution in [1.82, 2.24) is 25.7 Å². The zero-order chi connectivity index (χ0) is 45.0. The monoisotopic (exact) mass is 861 g/mol. The third-order valence-electron chi connectivity index (χ3n) is 10.2. The molecule has 0 spiro atoms. The van der Waals surface area contributed by atoms with E-state index in [-0.39, 0.29) is 16.9 Å². The van der Waals surface area contributed by atoms with Crippen molar-refractivity contribution in [3.8, 4) is 28.5 Å². The van der Waals surface area contributed by atoms with Crippen LogP contribution in [0.3, 0.4) is 0 Å². The number of aromatic nitrogens is 1. The van der Waals surface area contributed by atoms with Gasteiger partial charge >= 0.3 is 6.09 Å². The number of sulfonamides is 1. The van der Waals surface area contributed by atoms with Gasteiger partial charge in [-0.25, -0.2) is 22.9 Å². The molecular formula is C47H51N5O9S. The Labute approximate surface area is 361 Å². The van der Waals surface area contributed by atoms with Crippen LogP contribution in [0.5, 0.6) is 17.2 Å². The number of amides is 4. The molecule has 0 radical (unpaired) electrons. The number of hydrogen-bond acceptors (Lipinski definition) is 10. The van der Waals surface area contributed by atoms with Crippen LogP contribution in [-0.4, -0.2) is 61.5 Å². The summed E-state index contributed by atoms with van der Waals surface area (Å²) in [4.78, 5) is 60.2. The van der Waals surface area contributed by atoms with E-state index in [0.29, 0.717) is 33.8 Å². The molecule has 4 amide bonds. The lowest BCUT2D eigenvalue weighted by atomic mass is 9.86. The van der Waals surface area contributed by atoms with Gasteiger partial charge in [0.2, 0.25) is 11.8 Å². The van der Waals surface area contributed by atoms with E-state index in [0.717, 1.165) is 5.56 Å². The molecule has 4 atom stereocenters. The largest absolute Gasteiger partial charge is 0.497 e. The van der Waals surface area contributed by atoms with E-state index in [1.165, 1.54) is 30.3 Å². The van der Waals surface area contributed by atoms with Crippen LogP contribution in [0.15, 0.2) is 127 Å². The number of carbonyl (C=O) groups excluding carboxylic acids is 4. The quantitative estimate of drug-likeness (QED) is 0.0821. The van der Waals surface area contributed by atoms with Crippen LogP contribution in [0.25, 0.3) is 22.2 Å². The van der Waals surface area contributed by atoms with Crippen molar-refractivity contribution in [2.75, 3.05) is 7.11 Å². The zero-order valence-corrected chi connectivity index (χ0v) is 36.5. The fourth-order valence-electron chi connectivity index (χ4n) is 6.82. The number of alkyl carbamates (subject to hydrolysis) is 1. The van der Waals surface area contributed by atoms with Crippen LogP contribution < -0.4 is 30.1 Å². The maximum absolute atomic E-state index is 14.5. The van der Waals surface area contributed by atoms with Gasteiger partial charge in [-0.15, -0.1) is 6.58 Å². The van der Waals surface area contributed by atoms with Crippen LogP contribution in [0.2, 0.25) is 0 Å². The molecule has 0 saturated heterocycles. The van der Waals surface area contributed by atoms with E-state index in [4.69, 9.17) is 19.2 Å². The van der Waals surface area contributed by atoms with E-state index in [9.17, 15) is 27.6 Å². The van der Waals surface area contributed by atoms with Crippen molar-refractivity contribution >= 4 is 44.7 Å². The molecule has 1 aromatic heterocycles. The highest BCUT2D eigenvalue weighted by molar-refractivity contribution is 7.90. The summed E-state index contributed by atoms with van der Waals surface area (Å²) in [5.41, 5.74) is -0.973. The molecule has 62 heavy (non-hydrogen) atoms. The summed E-state index contributed by atoms with van der Waals surface area (Å²) in [6, 6.07) is 28.0. The second-order valence-electron chi connectivity index (χ2n) is 17.1. The van der Waals surface area contributed by atoms with Gasteiger partial charge in [0.15, 0.2) is 0 Å². The van der Waals surface area contributed by atoms with Crippen molar-refractivity contribution in [1.29, 1.82) is 0 Å². The lowest BCUT2D eigenvalue weighted by molar-refractivity contribution is -0.134. The highest BCUT2D eigenvalue weighted by atomic mass is 32.2. The minimum Gasteiger partial charge on any atom is -0.497 e. The maximum Gasteiger partial charge on any atom is 0.408 e. The smallest absolute Gasteiger partial charge is 0.408 e. The van der Waals surface area contributed by atoms with Crippen molar-refractivity contribution < 1.29 is 41.8 Å². The highest BCUT2D eigenvalue weighted by Gasteiger charge is 2.61. The molecule has 5 aromatic rings. The summed E-state index contributed by atoms with van der Waals surface area (Å²) in [7, 11) is -2.74. The molecule has 0 bridgehead atoms. The predicted octanol–water partition coefficient (Wildman–Crippen LogP) is 7.37. The topological polar surface area (TPSA) is 191 Å². The fourth-order valence-corrected chi connectivity index (χ4v) is 7.88. The molecule has 1 aliphatic carbocycles. The van der Waals surface area contributed by atoms with Crippen LogP contribution >= 0.6 is 0 Å². The summed E-state index contributed by atoms with van der Waals surface area (Å²) in [5.74, 6) is -1.64. The Morgan fingerprint density at radius 1 is 0.823 bits per heavy atom. The Balaban J connectivity index is 1.34. The lowest BCUT2D eigenvalue weighted by Crippen LogP contribution is -2.58. The van der Waals surface area contributed by atoms with Gasteiger partial charge in [-0.1, -0.05) is 87.5 Å². The fraction of sp³-hybridized carbons (Fsp3) is 0.298. The Hall–Kier alpha value is -6.74. The SMILES string of the molecule is C=C[C@@H]1C[C@]1(NC(=O)[C@@H](NC(=O)[C@@H](NC(=O)OC(C)(C)C)C(C)(C)C)c1ccc(Oc2cc(-c3ccccc3)nc3cc(OC)ccc23)cc1)C(=O)NS(=O)(=O)c1ccccc1. The summed E-state index contributed by atoms with van der Waals surface area (Å²) in [6.07, 6.45) is 0.666. The van der Waals surface area contributed by atoms with Crippen molar-refractivity contribution in [2.24, 2.45) is 11.3 Å². The lowest BCUT2D eigenvalue weighted by Gasteiger charge is -2.33. The molecule has 4 N–H and O–H groups in total. The molecule has 15 heteroatoms. The summed E-state index contributed by atoms with van der Waals surface area (Å²) in [6.45, 7) is 14.1. The first kappa shape index (κ1) is 44.8. The first-order valence-electron chi connectivity index (χ1n) is 19.9. The second kappa shape index (κ2) is 17.7. The third kappa shape index (κ3) is 10.4. The number of hydrogen-bond donors (Lipinski definition) is 4. The Morgan fingerprint density at radius 2 is 1.45 bits per heavy atom. The van der Waals surface area contributed by atoms with Gasteiger partial charge in [0.05, 0.1) is 23.2 Å². The normalized spacial score (nSPS) is 17.1. The molecule has 0 unspecified atom stereocenters. The number of carbonyl (C=O) groups is 4. The van der Waals surface area contributed by atoms with Crippen molar-refractivity contribution in [2.45, 2.75) is 76.1 Å². The molecule has 1 fully saturated rings. The Kier molecular flexibility index (Phi) is 12.8. The minimum atomic E-state index is -4.31. The number of nitrogens with one attached hydrogen (secondary N) is 4. The van der Waals surface area contributed by atoms with Crippen molar-refractivity contribution in [3.63, 3.8) is 0 Å². The molecule has 1 saturated carbocycles. The molecule has 4 aromatic carbocycles. The van der Waals surface area contributed by atoms with E-state index in [1.807, 2.05) is 48.5 Å². The van der Waals surface area contributed by atoms with Gasteiger partial charge in [0, 0.05) is 29.0 Å². The molecule has 6 rings (SSSR count). The molecular weight excluding hydrogens is 811 g/mol. The van der Waals surface area contributed by atoms with Gasteiger partial charge < -0.3 is 30.2 Å². The summed E-state index contributed by atoms with van der Waals surface area (Å²) < 4.78 is 45.9. The first-order chi connectivity index (χ1) is 29.2. The number of ether oxygens (including phenoxy) is 3. The van der Waals surface area contributed by atoms with E-state index in [2.05, 4.69) is 27.3 Å². The van der Waals surface area contributed by atoms with E-state index >= 15 is 0 Å². The molecule has 1 heterocycles. The van der Waals surface area contributed by atoms with E-state index in [1.54, 1.807) is 85.1 Å². The van der Waals surface area contributed by atoms with Crippen molar-refractivity contribution in [3.05, 3.63) is 127 Å². The molecule has 324 valence electrons. The Bertz CT molecular complexity index is 2590. The molecule has 0 aliphatic heterocycles. The van der Waals surface area contributed by atoms with Gasteiger partial charge in [-0.3, -0.25) is 14.4 Å². The number of fused-ring (bicyclic) bond motifs is 1. The highest BCUT2D eigenvalue weighted by Crippen LogP contribution is 2.45. The zero-order valence-electron chi connectivity index (χ0n) is 35.6. The first-order valence-corrected chi connectivity index (χ1v) is 21.4. The standard InChI is InChI=1S/C47H51N5O9S/c1-9-31-28-47(31,43(55)52-62(57,58)34-18-14-11-15-19-34)51-41(53)39(49-42(54)40(45(2,3)4)50-44(56)61-46(5,6)7)30-20-22-32(23-21-30)60-38-27-36(29-16-12-10-13-17-29)48-37-26-33(59-8)24-25-35(37)38/h9-27,31,39-40H,1,28H2,2-8H3,(H,49,54)(H,50,56)(H,51,53)(H,52,55)/t31-,39+,40-,47-/m1/s1. The molecule has 14 nitrogen and oxygen atoms in total. The average molecular weight is 862 g/mol. The second-order valence-corrected chi connectivity index (χ2v) is 18.7. The van der Waals surface area contributed by atoms with Gasteiger partial charge in [0.1, 0.15) is 40.5 Å².